The van der Waals surface area contributed by atoms with Gasteiger partial charge in [0.2, 0.25) is 0 Å². The van der Waals surface area contributed by atoms with Crippen molar-refractivity contribution in [2.75, 3.05) is 13.2 Å². The standard InChI is InChI=1S/C12H14N2O5S/c15-12-13(9-5-7-19-8-6-9)10-3-1-2-4-11(10)14(12)20(16,17)18/h1-4,9H,5-8H2,(H,16,17,18). The van der Waals surface area contributed by atoms with Crippen molar-refractivity contribution in [1.29, 1.82) is 0 Å². The van der Waals surface area contributed by atoms with Gasteiger partial charge in [-0.1, -0.05) is 12.1 Å². The summed E-state index contributed by atoms with van der Waals surface area (Å²) in [6.45, 7) is 1.06. The molecule has 0 unspecified atom stereocenters. The van der Waals surface area contributed by atoms with Crippen LogP contribution >= 0.6 is 0 Å². The summed E-state index contributed by atoms with van der Waals surface area (Å²) in [6.07, 6.45) is 1.28. The van der Waals surface area contributed by atoms with Gasteiger partial charge in [-0.25, -0.2) is 4.79 Å². The molecule has 1 N–H and O–H groups in total. The van der Waals surface area contributed by atoms with Crippen LogP contribution < -0.4 is 5.69 Å². The van der Waals surface area contributed by atoms with Gasteiger partial charge < -0.3 is 4.74 Å². The third-order valence-corrected chi connectivity index (χ3v) is 4.34. The highest BCUT2D eigenvalue weighted by Crippen LogP contribution is 2.24. The number of imidazole rings is 1. The summed E-state index contributed by atoms with van der Waals surface area (Å²) >= 11 is 0. The summed E-state index contributed by atoms with van der Waals surface area (Å²) in [5, 5.41) is 0. The zero-order valence-electron chi connectivity index (χ0n) is 10.6. The Labute approximate surface area is 115 Å². The molecule has 1 aliphatic rings. The molecule has 108 valence electrons. The molecule has 1 saturated heterocycles. The van der Waals surface area contributed by atoms with E-state index < -0.39 is 16.0 Å². The molecule has 0 amide bonds. The van der Waals surface area contributed by atoms with Gasteiger partial charge in [0.05, 0.1) is 11.0 Å². The van der Waals surface area contributed by atoms with E-state index >= 15 is 0 Å². The molecule has 0 atom stereocenters. The monoisotopic (exact) mass is 298 g/mol. The molecule has 1 aromatic heterocycles. The van der Waals surface area contributed by atoms with E-state index in [2.05, 4.69) is 0 Å². The minimum absolute atomic E-state index is 0.121. The summed E-state index contributed by atoms with van der Waals surface area (Å²) in [7, 11) is -4.63. The first-order valence-corrected chi connectivity index (χ1v) is 7.67. The van der Waals surface area contributed by atoms with Crippen LogP contribution in [0, 0.1) is 0 Å². The minimum Gasteiger partial charge on any atom is -0.381 e. The number of benzene rings is 1. The third-order valence-electron chi connectivity index (χ3n) is 3.53. The molecule has 20 heavy (non-hydrogen) atoms. The van der Waals surface area contributed by atoms with Crippen molar-refractivity contribution in [3.8, 4) is 0 Å². The van der Waals surface area contributed by atoms with Crippen LogP contribution in [0.5, 0.6) is 0 Å². The van der Waals surface area contributed by atoms with E-state index in [0.717, 1.165) is 0 Å². The van der Waals surface area contributed by atoms with Gasteiger partial charge in [0.25, 0.3) is 0 Å². The Morgan fingerprint density at radius 2 is 1.75 bits per heavy atom. The van der Waals surface area contributed by atoms with Crippen molar-refractivity contribution in [3.05, 3.63) is 34.7 Å². The predicted molar refractivity (Wildman–Crippen MR) is 72.2 cm³/mol. The maximum Gasteiger partial charge on any atom is 0.368 e. The Kier molecular flexibility index (Phi) is 3.15. The quantitative estimate of drug-likeness (QED) is 0.828. The molecule has 2 aromatic rings. The number of para-hydroxylation sites is 2. The van der Waals surface area contributed by atoms with Gasteiger partial charge in [-0.2, -0.15) is 12.4 Å². The van der Waals surface area contributed by atoms with Crippen LogP contribution in [-0.2, 0) is 15.0 Å². The van der Waals surface area contributed by atoms with Gasteiger partial charge in [0.1, 0.15) is 0 Å². The van der Waals surface area contributed by atoms with Crippen LogP contribution in [0.25, 0.3) is 11.0 Å². The Bertz CT molecular complexity index is 799. The summed E-state index contributed by atoms with van der Waals surface area (Å²) in [4.78, 5) is 12.4. The number of rotatable bonds is 2. The van der Waals surface area contributed by atoms with Crippen LogP contribution in [0.4, 0.5) is 0 Å². The highest BCUT2D eigenvalue weighted by Gasteiger charge is 2.26. The fourth-order valence-corrected chi connectivity index (χ4v) is 3.35. The lowest BCUT2D eigenvalue weighted by molar-refractivity contribution is 0.0697. The van der Waals surface area contributed by atoms with Gasteiger partial charge in [-0.3, -0.25) is 9.12 Å². The van der Waals surface area contributed by atoms with Crippen LogP contribution in [0.15, 0.2) is 29.1 Å². The van der Waals surface area contributed by atoms with Crippen LogP contribution in [-0.4, -0.2) is 34.7 Å². The van der Waals surface area contributed by atoms with E-state index in [4.69, 9.17) is 4.74 Å². The average Bonchev–Trinajstić information content (AvgIpc) is 2.71. The predicted octanol–water partition coefficient (Wildman–Crippen LogP) is 0.805. The minimum atomic E-state index is -4.63. The lowest BCUT2D eigenvalue weighted by atomic mass is 10.1. The van der Waals surface area contributed by atoms with Gasteiger partial charge in [-0.15, -0.1) is 0 Å². The summed E-state index contributed by atoms with van der Waals surface area (Å²) in [5.41, 5.74) is -0.0471. The molecule has 3 rings (SSSR count). The number of hydrogen-bond donors (Lipinski definition) is 1. The Hall–Kier alpha value is -1.64. The molecule has 0 saturated carbocycles. The molecular formula is C12H14N2O5S. The zero-order chi connectivity index (χ0) is 14.3. The molecule has 1 aliphatic heterocycles. The first-order valence-electron chi connectivity index (χ1n) is 6.28. The second-order valence-corrected chi connectivity index (χ2v) is 5.99. The lowest BCUT2D eigenvalue weighted by Crippen LogP contribution is -2.33. The number of nitrogens with zero attached hydrogens (tertiary/aromatic N) is 2. The molecule has 0 spiro atoms. The van der Waals surface area contributed by atoms with Crippen molar-refractivity contribution in [2.24, 2.45) is 0 Å². The number of ether oxygens (including phenoxy) is 1. The smallest absolute Gasteiger partial charge is 0.368 e. The maximum absolute atomic E-state index is 12.4. The topological polar surface area (TPSA) is 90.5 Å². The van der Waals surface area contributed by atoms with Crippen molar-refractivity contribution >= 4 is 21.3 Å². The molecule has 0 bridgehead atoms. The van der Waals surface area contributed by atoms with E-state index in [1.807, 2.05) is 0 Å². The fraction of sp³-hybridized carbons (Fsp3) is 0.417. The Morgan fingerprint density at radius 1 is 1.15 bits per heavy atom. The van der Waals surface area contributed by atoms with Crippen molar-refractivity contribution in [2.45, 2.75) is 18.9 Å². The number of aromatic nitrogens is 2. The molecule has 1 fully saturated rings. The number of fused-ring (bicyclic) bond motifs is 1. The van der Waals surface area contributed by atoms with Crippen molar-refractivity contribution in [3.63, 3.8) is 0 Å². The van der Waals surface area contributed by atoms with E-state index in [1.54, 1.807) is 18.2 Å². The summed E-state index contributed by atoms with van der Waals surface area (Å²) in [5.74, 6) is 0. The van der Waals surface area contributed by atoms with Gasteiger partial charge >= 0.3 is 16.0 Å². The van der Waals surface area contributed by atoms with Crippen molar-refractivity contribution in [1.82, 2.24) is 8.54 Å². The van der Waals surface area contributed by atoms with Crippen LogP contribution in [0.1, 0.15) is 18.9 Å². The Balaban J connectivity index is 2.32. The second-order valence-electron chi connectivity index (χ2n) is 4.73. The van der Waals surface area contributed by atoms with Crippen LogP contribution in [0.3, 0.4) is 0 Å². The van der Waals surface area contributed by atoms with Gasteiger partial charge in [-0.05, 0) is 25.0 Å². The number of hydrogen-bond acceptors (Lipinski definition) is 4. The molecule has 0 aliphatic carbocycles. The first-order chi connectivity index (χ1) is 9.50. The summed E-state index contributed by atoms with van der Waals surface area (Å²) < 4.78 is 39.3. The normalized spacial score (nSPS) is 17.6. The van der Waals surface area contributed by atoms with Gasteiger partial charge in [0.15, 0.2) is 0 Å². The van der Waals surface area contributed by atoms with E-state index in [0.29, 0.717) is 35.5 Å². The third kappa shape index (κ3) is 2.05. The zero-order valence-corrected chi connectivity index (χ0v) is 11.4. The van der Waals surface area contributed by atoms with Crippen LogP contribution in [0.2, 0.25) is 0 Å². The molecule has 7 nitrogen and oxygen atoms in total. The molecule has 2 heterocycles. The SMILES string of the molecule is O=c1n(C2CCOCC2)c2ccccc2n1S(=O)(=O)O. The maximum atomic E-state index is 12.4. The van der Waals surface area contributed by atoms with E-state index in [1.165, 1.54) is 10.6 Å². The Morgan fingerprint density at radius 3 is 2.35 bits per heavy atom. The highest BCUT2D eigenvalue weighted by molar-refractivity contribution is 7.84. The molecule has 8 heteroatoms. The molecule has 0 radical (unpaired) electrons. The van der Waals surface area contributed by atoms with Crippen molar-refractivity contribution < 1.29 is 17.7 Å². The second kappa shape index (κ2) is 4.72. The van der Waals surface area contributed by atoms with E-state index in [-0.39, 0.29) is 11.6 Å². The highest BCUT2D eigenvalue weighted by atomic mass is 32.2. The fourth-order valence-electron chi connectivity index (χ4n) is 2.66. The lowest BCUT2D eigenvalue weighted by Gasteiger charge is -2.23. The van der Waals surface area contributed by atoms with E-state index in [9.17, 15) is 17.8 Å². The summed E-state index contributed by atoms with van der Waals surface area (Å²) in [6, 6.07) is 6.40. The van der Waals surface area contributed by atoms with Gasteiger partial charge in [0, 0.05) is 19.3 Å². The first kappa shape index (κ1) is 13.3. The molecule has 1 aromatic carbocycles. The largest absolute Gasteiger partial charge is 0.381 e. The average molecular weight is 298 g/mol. The molecular weight excluding hydrogens is 284 g/mol.